The van der Waals surface area contributed by atoms with Crippen LogP contribution in [0, 0.1) is 0 Å². The largest absolute Gasteiger partial charge is 0.493 e. The minimum absolute atomic E-state index is 0.231. The van der Waals surface area contributed by atoms with Crippen LogP contribution in [-0.4, -0.2) is 38.2 Å². The van der Waals surface area contributed by atoms with Crippen molar-refractivity contribution in [3.8, 4) is 11.5 Å². The molecule has 154 valence electrons. The zero-order chi connectivity index (χ0) is 21.2. The minimum atomic E-state index is -0.622. The number of amides is 3. The van der Waals surface area contributed by atoms with Crippen LogP contribution in [-0.2, 0) is 4.74 Å². The molecule has 0 bridgehead atoms. The average molecular weight is 401 g/mol. The maximum Gasteiger partial charge on any atom is 0.411 e. The van der Waals surface area contributed by atoms with E-state index in [2.05, 4.69) is 16.2 Å². The summed E-state index contributed by atoms with van der Waals surface area (Å²) in [5.41, 5.74) is 5.57. The van der Waals surface area contributed by atoms with Crippen molar-refractivity contribution in [2.75, 3.05) is 25.6 Å². The molecule has 0 radical (unpaired) electrons. The van der Waals surface area contributed by atoms with Gasteiger partial charge in [0.2, 0.25) is 0 Å². The van der Waals surface area contributed by atoms with Crippen molar-refractivity contribution in [2.45, 2.75) is 13.8 Å². The molecular weight excluding hydrogens is 378 g/mol. The molecule has 3 amide bonds. The van der Waals surface area contributed by atoms with E-state index in [4.69, 9.17) is 14.2 Å². The molecule has 0 atom stereocenters. The molecule has 0 saturated carbocycles. The molecule has 0 aliphatic carbocycles. The van der Waals surface area contributed by atoms with Gasteiger partial charge in [-0.3, -0.25) is 25.8 Å². The van der Waals surface area contributed by atoms with Crippen LogP contribution in [0.4, 0.5) is 10.5 Å². The number of carbonyl (C=O) groups excluding carboxylic acids is 3. The van der Waals surface area contributed by atoms with Gasteiger partial charge in [0.15, 0.2) is 11.5 Å². The number of ether oxygens (including phenoxy) is 3. The second kappa shape index (κ2) is 10.5. The Balaban J connectivity index is 2.00. The van der Waals surface area contributed by atoms with Crippen molar-refractivity contribution >= 4 is 23.6 Å². The van der Waals surface area contributed by atoms with Crippen LogP contribution in [0.2, 0.25) is 0 Å². The molecule has 2 aromatic rings. The van der Waals surface area contributed by atoms with E-state index in [-0.39, 0.29) is 17.7 Å². The molecule has 3 N–H and O–H groups in total. The fraction of sp³-hybridized carbons (Fsp3) is 0.250. The van der Waals surface area contributed by atoms with Gasteiger partial charge in [-0.1, -0.05) is 6.07 Å². The molecule has 9 nitrogen and oxygen atoms in total. The molecule has 0 unspecified atom stereocenters. The molecule has 0 saturated heterocycles. The lowest BCUT2D eigenvalue weighted by Gasteiger charge is -2.12. The zero-order valence-corrected chi connectivity index (χ0v) is 16.4. The fourth-order valence-electron chi connectivity index (χ4n) is 2.36. The summed E-state index contributed by atoms with van der Waals surface area (Å²) in [6.07, 6.45) is -0.622. The maximum absolute atomic E-state index is 12.3. The SMILES string of the molecule is CCOC(=O)Nc1cccc(C(=O)NNC(=O)c2ccc(OCC)c(OC)c2)c1. The standard InChI is InChI=1S/C20H23N3O6/c1-4-28-16-10-9-14(12-17(16)27-3)19(25)23-22-18(24)13-7-6-8-15(11-13)21-20(26)29-5-2/h6-12H,4-5H2,1-3H3,(H,21,26)(H,22,24)(H,23,25). The van der Waals surface area contributed by atoms with E-state index in [1.165, 1.54) is 25.3 Å². The Kier molecular flexibility index (Phi) is 7.84. The topological polar surface area (TPSA) is 115 Å². The predicted octanol–water partition coefficient (Wildman–Crippen LogP) is 2.74. The number of benzene rings is 2. The number of hydrogen-bond acceptors (Lipinski definition) is 6. The monoisotopic (exact) mass is 401 g/mol. The molecule has 0 heterocycles. The van der Waals surface area contributed by atoms with Crippen LogP contribution in [0.1, 0.15) is 34.6 Å². The third-order valence-electron chi connectivity index (χ3n) is 3.66. The van der Waals surface area contributed by atoms with Gasteiger partial charge in [0.05, 0.1) is 20.3 Å². The van der Waals surface area contributed by atoms with E-state index in [9.17, 15) is 14.4 Å². The van der Waals surface area contributed by atoms with Crippen molar-refractivity contribution in [3.05, 3.63) is 53.6 Å². The van der Waals surface area contributed by atoms with Crippen LogP contribution >= 0.6 is 0 Å². The van der Waals surface area contributed by atoms with E-state index < -0.39 is 17.9 Å². The number of anilines is 1. The normalized spacial score (nSPS) is 9.90. The second-order valence-corrected chi connectivity index (χ2v) is 5.63. The quantitative estimate of drug-likeness (QED) is 0.615. The first kappa shape index (κ1) is 21.5. The van der Waals surface area contributed by atoms with Crippen molar-refractivity contribution in [1.82, 2.24) is 10.9 Å². The molecule has 2 aromatic carbocycles. The number of rotatable bonds is 7. The molecule has 0 aliphatic rings. The Morgan fingerprint density at radius 1 is 0.862 bits per heavy atom. The Morgan fingerprint density at radius 2 is 1.55 bits per heavy atom. The van der Waals surface area contributed by atoms with E-state index in [0.29, 0.717) is 23.8 Å². The zero-order valence-electron chi connectivity index (χ0n) is 16.4. The van der Waals surface area contributed by atoms with Crippen LogP contribution in [0.25, 0.3) is 0 Å². The molecule has 0 aliphatic heterocycles. The highest BCUT2D eigenvalue weighted by Gasteiger charge is 2.13. The van der Waals surface area contributed by atoms with Gasteiger partial charge in [-0.15, -0.1) is 0 Å². The van der Waals surface area contributed by atoms with Gasteiger partial charge < -0.3 is 14.2 Å². The van der Waals surface area contributed by atoms with Gasteiger partial charge in [0.25, 0.3) is 11.8 Å². The molecular formula is C20H23N3O6. The number of nitrogens with one attached hydrogen (secondary N) is 3. The number of methoxy groups -OCH3 is 1. The van der Waals surface area contributed by atoms with Gasteiger partial charge >= 0.3 is 6.09 Å². The number of hydrogen-bond donors (Lipinski definition) is 3. The summed E-state index contributed by atoms with van der Waals surface area (Å²) in [7, 11) is 1.47. The van der Waals surface area contributed by atoms with Crippen molar-refractivity contribution in [1.29, 1.82) is 0 Å². The lowest BCUT2D eigenvalue weighted by atomic mass is 10.2. The highest BCUT2D eigenvalue weighted by Crippen LogP contribution is 2.27. The van der Waals surface area contributed by atoms with Gasteiger partial charge in [0.1, 0.15) is 0 Å². The smallest absolute Gasteiger partial charge is 0.411 e. The van der Waals surface area contributed by atoms with Gasteiger partial charge in [-0.25, -0.2) is 4.79 Å². The minimum Gasteiger partial charge on any atom is -0.493 e. The van der Waals surface area contributed by atoms with E-state index in [1.54, 1.807) is 31.2 Å². The third-order valence-corrected chi connectivity index (χ3v) is 3.66. The Bertz CT molecular complexity index is 884. The molecule has 29 heavy (non-hydrogen) atoms. The first-order valence-electron chi connectivity index (χ1n) is 8.93. The van der Waals surface area contributed by atoms with Gasteiger partial charge in [0, 0.05) is 16.8 Å². The van der Waals surface area contributed by atoms with Gasteiger partial charge in [-0.05, 0) is 50.2 Å². The van der Waals surface area contributed by atoms with Crippen LogP contribution in [0.3, 0.4) is 0 Å². The Labute approximate surface area is 168 Å². The third kappa shape index (κ3) is 6.13. The summed E-state index contributed by atoms with van der Waals surface area (Å²) in [6.45, 7) is 4.22. The first-order valence-corrected chi connectivity index (χ1v) is 8.93. The van der Waals surface area contributed by atoms with Crippen molar-refractivity contribution in [2.24, 2.45) is 0 Å². The highest BCUT2D eigenvalue weighted by atomic mass is 16.5. The van der Waals surface area contributed by atoms with Crippen LogP contribution in [0.15, 0.2) is 42.5 Å². The van der Waals surface area contributed by atoms with E-state index in [1.807, 2.05) is 6.92 Å². The predicted molar refractivity (Wildman–Crippen MR) is 106 cm³/mol. The molecule has 0 aromatic heterocycles. The van der Waals surface area contributed by atoms with Crippen LogP contribution < -0.4 is 25.6 Å². The summed E-state index contributed by atoms with van der Waals surface area (Å²) < 4.78 is 15.4. The number of hydrazine groups is 1. The van der Waals surface area contributed by atoms with Gasteiger partial charge in [-0.2, -0.15) is 0 Å². The summed E-state index contributed by atoms with van der Waals surface area (Å²) in [6, 6.07) is 10.9. The lowest BCUT2D eigenvalue weighted by molar-refractivity contribution is 0.0846. The summed E-state index contributed by atoms with van der Waals surface area (Å²) in [4.78, 5) is 36.1. The second-order valence-electron chi connectivity index (χ2n) is 5.63. The summed E-state index contributed by atoms with van der Waals surface area (Å²) in [5.74, 6) is -0.158. The average Bonchev–Trinajstić information content (AvgIpc) is 2.72. The Morgan fingerprint density at radius 3 is 2.17 bits per heavy atom. The van der Waals surface area contributed by atoms with E-state index in [0.717, 1.165) is 0 Å². The van der Waals surface area contributed by atoms with E-state index >= 15 is 0 Å². The van der Waals surface area contributed by atoms with Crippen molar-refractivity contribution in [3.63, 3.8) is 0 Å². The Hall–Kier alpha value is -3.75. The molecule has 2 rings (SSSR count). The summed E-state index contributed by atoms with van der Waals surface area (Å²) >= 11 is 0. The lowest BCUT2D eigenvalue weighted by Crippen LogP contribution is -2.41. The number of carbonyl (C=O) groups is 3. The molecule has 9 heteroatoms. The van der Waals surface area contributed by atoms with Crippen molar-refractivity contribution < 1.29 is 28.6 Å². The summed E-state index contributed by atoms with van der Waals surface area (Å²) in [5, 5.41) is 2.50. The highest BCUT2D eigenvalue weighted by molar-refractivity contribution is 6.00. The maximum atomic E-state index is 12.3. The molecule has 0 spiro atoms. The van der Waals surface area contributed by atoms with Crippen LogP contribution in [0.5, 0.6) is 11.5 Å². The fourth-order valence-corrected chi connectivity index (χ4v) is 2.36. The first-order chi connectivity index (χ1) is 14.0. The molecule has 0 fully saturated rings.